The molecule has 0 spiro atoms. The number of ether oxygens (including phenoxy) is 2. The Bertz CT molecular complexity index is 858. The molecule has 0 aliphatic carbocycles. The van der Waals surface area contributed by atoms with E-state index in [1.807, 2.05) is 4.90 Å². The van der Waals surface area contributed by atoms with Gasteiger partial charge in [-0.25, -0.2) is 0 Å². The van der Waals surface area contributed by atoms with E-state index in [9.17, 15) is 4.79 Å². The molecule has 1 saturated heterocycles. The number of hydrogen-bond donors (Lipinski definition) is 0. The molecule has 0 radical (unpaired) electrons. The molecule has 8 nitrogen and oxygen atoms in total. The number of carbonyl (C=O) groups excluding carboxylic acids is 1. The monoisotopic (exact) mass is 399 g/mol. The van der Waals surface area contributed by atoms with Crippen molar-refractivity contribution in [2.24, 2.45) is 0 Å². The van der Waals surface area contributed by atoms with E-state index >= 15 is 0 Å². The Labute approximate surface area is 171 Å². The molecule has 3 heterocycles. The minimum atomic E-state index is 0.0296. The normalized spacial score (nSPS) is 17.5. The van der Waals surface area contributed by atoms with Crippen molar-refractivity contribution in [2.45, 2.75) is 38.8 Å². The lowest BCUT2D eigenvalue weighted by atomic mass is 10.1. The van der Waals surface area contributed by atoms with Crippen LogP contribution < -0.4 is 9.47 Å². The third-order valence-electron chi connectivity index (χ3n) is 5.84. The molecule has 2 aliphatic rings. The van der Waals surface area contributed by atoms with Crippen LogP contribution in [0.15, 0.2) is 18.2 Å². The number of rotatable bonds is 5. The van der Waals surface area contributed by atoms with Gasteiger partial charge in [-0.1, -0.05) is 6.42 Å². The summed E-state index contributed by atoms with van der Waals surface area (Å²) < 4.78 is 12.9. The minimum Gasteiger partial charge on any atom is -0.493 e. The van der Waals surface area contributed by atoms with E-state index in [4.69, 9.17) is 9.47 Å². The molecule has 4 rings (SSSR count). The molecule has 2 aromatic rings. The lowest BCUT2D eigenvalue weighted by Crippen LogP contribution is -2.48. The predicted octanol–water partition coefficient (Wildman–Crippen LogP) is 1.98. The molecule has 0 atom stereocenters. The molecule has 156 valence electrons. The van der Waals surface area contributed by atoms with Crippen LogP contribution in [0.4, 0.5) is 0 Å². The van der Waals surface area contributed by atoms with Gasteiger partial charge in [0.25, 0.3) is 5.91 Å². The second-order valence-electron chi connectivity index (χ2n) is 7.63. The second-order valence-corrected chi connectivity index (χ2v) is 7.63. The van der Waals surface area contributed by atoms with E-state index in [1.54, 1.807) is 32.4 Å². The van der Waals surface area contributed by atoms with Gasteiger partial charge in [0.1, 0.15) is 11.6 Å². The highest BCUT2D eigenvalue weighted by molar-refractivity contribution is 5.95. The molecule has 0 N–H and O–H groups in total. The first-order chi connectivity index (χ1) is 14.2. The van der Waals surface area contributed by atoms with Crippen molar-refractivity contribution in [2.75, 3.05) is 40.4 Å². The van der Waals surface area contributed by atoms with Gasteiger partial charge in [0.15, 0.2) is 11.5 Å². The summed E-state index contributed by atoms with van der Waals surface area (Å²) in [4.78, 5) is 17.2. The maximum atomic E-state index is 12.9. The Kier molecular flexibility index (Phi) is 5.99. The zero-order valence-electron chi connectivity index (χ0n) is 17.3. The Morgan fingerprint density at radius 2 is 1.76 bits per heavy atom. The predicted molar refractivity (Wildman–Crippen MR) is 108 cm³/mol. The number of carbonyl (C=O) groups is 1. The average molecular weight is 399 g/mol. The molecular formula is C21H29N5O3. The van der Waals surface area contributed by atoms with Crippen molar-refractivity contribution in [3.05, 3.63) is 35.4 Å². The number of aryl methyl sites for hydroxylation is 1. The van der Waals surface area contributed by atoms with E-state index in [0.29, 0.717) is 30.2 Å². The lowest BCUT2D eigenvalue weighted by Gasteiger charge is -2.34. The zero-order chi connectivity index (χ0) is 20.2. The van der Waals surface area contributed by atoms with Gasteiger partial charge >= 0.3 is 0 Å². The first kappa shape index (κ1) is 19.7. The average Bonchev–Trinajstić information content (AvgIpc) is 2.98. The molecule has 1 aromatic heterocycles. The Morgan fingerprint density at radius 1 is 0.966 bits per heavy atom. The molecule has 1 fully saturated rings. The summed E-state index contributed by atoms with van der Waals surface area (Å²) in [5.74, 6) is 3.41. The fourth-order valence-corrected chi connectivity index (χ4v) is 4.12. The van der Waals surface area contributed by atoms with Crippen LogP contribution in [0.25, 0.3) is 0 Å². The Hall–Kier alpha value is -2.61. The summed E-state index contributed by atoms with van der Waals surface area (Å²) >= 11 is 0. The molecule has 1 aromatic carbocycles. The van der Waals surface area contributed by atoms with Crippen molar-refractivity contribution in [1.82, 2.24) is 24.6 Å². The summed E-state index contributed by atoms with van der Waals surface area (Å²) in [5, 5.41) is 8.83. The smallest absolute Gasteiger partial charge is 0.254 e. The summed E-state index contributed by atoms with van der Waals surface area (Å²) in [6.07, 6.45) is 4.70. The molecule has 8 heteroatoms. The maximum Gasteiger partial charge on any atom is 0.254 e. The first-order valence-corrected chi connectivity index (χ1v) is 10.3. The molecule has 2 aliphatic heterocycles. The quantitative estimate of drug-likeness (QED) is 0.766. The number of methoxy groups -OCH3 is 2. The molecule has 0 unspecified atom stereocenters. The fourth-order valence-electron chi connectivity index (χ4n) is 4.12. The Balaban J connectivity index is 1.36. The van der Waals surface area contributed by atoms with Crippen molar-refractivity contribution in [1.29, 1.82) is 0 Å². The summed E-state index contributed by atoms with van der Waals surface area (Å²) in [7, 11) is 3.17. The van der Waals surface area contributed by atoms with Crippen LogP contribution in [0.2, 0.25) is 0 Å². The van der Waals surface area contributed by atoms with E-state index < -0.39 is 0 Å². The van der Waals surface area contributed by atoms with E-state index in [1.165, 1.54) is 19.3 Å². The van der Waals surface area contributed by atoms with E-state index in [0.717, 1.165) is 44.2 Å². The topological polar surface area (TPSA) is 72.7 Å². The molecule has 0 bridgehead atoms. The second kappa shape index (κ2) is 8.82. The zero-order valence-corrected chi connectivity index (χ0v) is 17.3. The highest BCUT2D eigenvalue weighted by Gasteiger charge is 2.25. The molecule has 29 heavy (non-hydrogen) atoms. The van der Waals surface area contributed by atoms with E-state index in [2.05, 4.69) is 19.7 Å². The summed E-state index contributed by atoms with van der Waals surface area (Å²) in [6.45, 7) is 4.89. The third kappa shape index (κ3) is 4.22. The van der Waals surface area contributed by atoms with Crippen molar-refractivity contribution in [3.8, 4) is 11.5 Å². The van der Waals surface area contributed by atoms with Crippen LogP contribution >= 0.6 is 0 Å². The van der Waals surface area contributed by atoms with Gasteiger partial charge in [-0.05, 0) is 31.0 Å². The fraction of sp³-hybridized carbons (Fsp3) is 0.571. The largest absolute Gasteiger partial charge is 0.493 e. The van der Waals surface area contributed by atoms with Crippen LogP contribution in [0.1, 0.15) is 41.3 Å². The van der Waals surface area contributed by atoms with Gasteiger partial charge in [0, 0.05) is 44.7 Å². The number of amides is 1. The number of benzene rings is 1. The number of hydrogen-bond acceptors (Lipinski definition) is 6. The SMILES string of the molecule is COc1ccc(C(=O)N2CCN(Cc3nnc4n3CCCCC4)CC2)cc1OC. The van der Waals surface area contributed by atoms with E-state index in [-0.39, 0.29) is 5.91 Å². The van der Waals surface area contributed by atoms with Gasteiger partial charge in [0.05, 0.1) is 20.8 Å². The van der Waals surface area contributed by atoms with Crippen molar-refractivity contribution in [3.63, 3.8) is 0 Å². The van der Waals surface area contributed by atoms with Crippen LogP contribution in [0, 0.1) is 0 Å². The number of piperazine rings is 1. The Morgan fingerprint density at radius 3 is 2.52 bits per heavy atom. The van der Waals surface area contributed by atoms with Crippen LogP contribution in [-0.4, -0.2) is 70.9 Å². The van der Waals surface area contributed by atoms with Crippen LogP contribution in [0.5, 0.6) is 11.5 Å². The highest BCUT2D eigenvalue weighted by Crippen LogP contribution is 2.28. The van der Waals surface area contributed by atoms with Crippen molar-refractivity contribution >= 4 is 5.91 Å². The lowest BCUT2D eigenvalue weighted by molar-refractivity contribution is 0.0623. The number of aromatic nitrogens is 3. The molecule has 1 amide bonds. The minimum absolute atomic E-state index is 0.0296. The standard InChI is InChI=1S/C21H29N5O3/c1-28-17-8-7-16(14-18(17)29-2)21(27)25-12-10-24(11-13-25)15-20-23-22-19-6-4-3-5-9-26(19)20/h7-8,14H,3-6,9-13,15H2,1-2H3. The highest BCUT2D eigenvalue weighted by atomic mass is 16.5. The number of nitrogens with zero attached hydrogens (tertiary/aromatic N) is 5. The number of fused-ring (bicyclic) bond motifs is 1. The van der Waals surface area contributed by atoms with Crippen LogP contribution in [-0.2, 0) is 19.5 Å². The van der Waals surface area contributed by atoms with Gasteiger partial charge < -0.3 is 18.9 Å². The first-order valence-electron chi connectivity index (χ1n) is 10.3. The van der Waals surface area contributed by atoms with Gasteiger partial charge in [-0.15, -0.1) is 10.2 Å². The summed E-state index contributed by atoms with van der Waals surface area (Å²) in [5.41, 5.74) is 0.624. The van der Waals surface area contributed by atoms with Crippen LogP contribution in [0.3, 0.4) is 0 Å². The maximum absolute atomic E-state index is 12.9. The van der Waals surface area contributed by atoms with Gasteiger partial charge in [-0.2, -0.15) is 0 Å². The van der Waals surface area contributed by atoms with Crippen molar-refractivity contribution < 1.29 is 14.3 Å². The summed E-state index contributed by atoms with van der Waals surface area (Å²) in [6, 6.07) is 5.32. The molecular weight excluding hydrogens is 370 g/mol. The molecule has 0 saturated carbocycles. The van der Waals surface area contributed by atoms with Gasteiger partial charge in [-0.3, -0.25) is 9.69 Å². The third-order valence-corrected chi connectivity index (χ3v) is 5.84. The van der Waals surface area contributed by atoms with Gasteiger partial charge in [0.2, 0.25) is 0 Å².